The van der Waals surface area contributed by atoms with Gasteiger partial charge in [0.05, 0.1) is 31.1 Å². The van der Waals surface area contributed by atoms with Crippen LogP contribution in [0.2, 0.25) is 0 Å². The second kappa shape index (κ2) is 4.76. The predicted molar refractivity (Wildman–Crippen MR) is 60.4 cm³/mol. The van der Waals surface area contributed by atoms with Crippen LogP contribution in [0, 0.1) is 6.92 Å². The van der Waals surface area contributed by atoms with E-state index in [0.717, 1.165) is 11.5 Å². The molecular formula is C11H17N3O2. The molecule has 88 valence electrons. The first-order valence-electron chi connectivity index (χ1n) is 5.50. The number of morpholine rings is 1. The minimum absolute atomic E-state index is 0.0442. The molecule has 0 spiro atoms. The zero-order chi connectivity index (χ0) is 11.5. The smallest absolute Gasteiger partial charge is 0.151 e. The Hall–Kier alpha value is -1.20. The van der Waals surface area contributed by atoms with E-state index in [2.05, 4.69) is 22.0 Å². The van der Waals surface area contributed by atoms with Gasteiger partial charge in [0.25, 0.3) is 0 Å². The second-order valence-electron chi connectivity index (χ2n) is 4.17. The van der Waals surface area contributed by atoms with Gasteiger partial charge in [-0.3, -0.25) is 0 Å². The summed E-state index contributed by atoms with van der Waals surface area (Å²) < 4.78 is 5.47. The van der Waals surface area contributed by atoms with E-state index in [1.807, 2.05) is 19.1 Å². The average molecular weight is 223 g/mol. The summed E-state index contributed by atoms with van der Waals surface area (Å²) in [5.41, 5.74) is 0.906. The number of aliphatic hydroxyl groups is 1. The summed E-state index contributed by atoms with van der Waals surface area (Å²) in [6.07, 6.45) is -0.126. The van der Waals surface area contributed by atoms with E-state index in [1.165, 1.54) is 0 Å². The summed E-state index contributed by atoms with van der Waals surface area (Å²) in [5, 5.41) is 17.3. The van der Waals surface area contributed by atoms with Gasteiger partial charge in [-0.15, -0.1) is 5.10 Å². The normalized spacial score (nSPS) is 25.8. The summed E-state index contributed by atoms with van der Waals surface area (Å²) >= 11 is 0. The molecule has 16 heavy (non-hydrogen) atoms. The Kier molecular flexibility index (Phi) is 3.36. The van der Waals surface area contributed by atoms with Crippen LogP contribution in [0.15, 0.2) is 12.1 Å². The van der Waals surface area contributed by atoms with E-state index in [1.54, 1.807) is 0 Å². The first-order valence-corrected chi connectivity index (χ1v) is 5.50. The van der Waals surface area contributed by atoms with Crippen molar-refractivity contribution in [1.82, 2.24) is 10.2 Å². The SMILES string of the molecule is Cc1ccc(N2CC(CO)OCC2C)nn1. The van der Waals surface area contributed by atoms with Crippen molar-refractivity contribution >= 4 is 5.82 Å². The number of hydrogen-bond acceptors (Lipinski definition) is 5. The van der Waals surface area contributed by atoms with Crippen LogP contribution in [0.3, 0.4) is 0 Å². The first kappa shape index (κ1) is 11.3. The molecular weight excluding hydrogens is 206 g/mol. The van der Waals surface area contributed by atoms with Crippen molar-refractivity contribution < 1.29 is 9.84 Å². The molecule has 1 aliphatic heterocycles. The van der Waals surface area contributed by atoms with Crippen molar-refractivity contribution in [2.75, 3.05) is 24.7 Å². The molecule has 0 radical (unpaired) electrons. The van der Waals surface area contributed by atoms with Crippen LogP contribution in [0.5, 0.6) is 0 Å². The molecule has 0 saturated carbocycles. The second-order valence-corrected chi connectivity index (χ2v) is 4.17. The van der Waals surface area contributed by atoms with Gasteiger partial charge in [-0.05, 0) is 26.0 Å². The van der Waals surface area contributed by atoms with Crippen molar-refractivity contribution in [1.29, 1.82) is 0 Å². The van der Waals surface area contributed by atoms with Crippen molar-refractivity contribution in [3.8, 4) is 0 Å². The largest absolute Gasteiger partial charge is 0.394 e. The number of hydrogen-bond donors (Lipinski definition) is 1. The number of aliphatic hydroxyl groups excluding tert-OH is 1. The lowest BCUT2D eigenvalue weighted by molar-refractivity contribution is -0.0106. The molecule has 1 saturated heterocycles. The van der Waals surface area contributed by atoms with Gasteiger partial charge < -0.3 is 14.7 Å². The highest BCUT2D eigenvalue weighted by atomic mass is 16.5. The molecule has 2 rings (SSSR count). The minimum Gasteiger partial charge on any atom is -0.394 e. The molecule has 1 aromatic heterocycles. The van der Waals surface area contributed by atoms with Crippen LogP contribution in [0.4, 0.5) is 5.82 Å². The molecule has 1 fully saturated rings. The fourth-order valence-electron chi connectivity index (χ4n) is 1.79. The van der Waals surface area contributed by atoms with Crippen LogP contribution in [0.1, 0.15) is 12.6 Å². The average Bonchev–Trinajstić information content (AvgIpc) is 2.31. The molecule has 2 atom stereocenters. The van der Waals surface area contributed by atoms with E-state index in [4.69, 9.17) is 9.84 Å². The van der Waals surface area contributed by atoms with Gasteiger partial charge in [-0.1, -0.05) is 0 Å². The molecule has 5 nitrogen and oxygen atoms in total. The molecule has 1 aliphatic rings. The number of ether oxygens (including phenoxy) is 1. The van der Waals surface area contributed by atoms with Gasteiger partial charge in [-0.25, -0.2) is 0 Å². The number of rotatable bonds is 2. The summed E-state index contributed by atoms with van der Waals surface area (Å²) in [6.45, 7) is 5.31. The summed E-state index contributed by atoms with van der Waals surface area (Å²) in [7, 11) is 0. The Labute approximate surface area is 95.1 Å². The number of aryl methyl sites for hydroxylation is 1. The third kappa shape index (κ3) is 2.31. The molecule has 0 amide bonds. The van der Waals surface area contributed by atoms with Gasteiger partial charge >= 0.3 is 0 Å². The zero-order valence-corrected chi connectivity index (χ0v) is 9.63. The van der Waals surface area contributed by atoms with E-state index >= 15 is 0 Å². The van der Waals surface area contributed by atoms with Crippen molar-refractivity contribution in [3.05, 3.63) is 17.8 Å². The van der Waals surface area contributed by atoms with Gasteiger partial charge in [-0.2, -0.15) is 5.10 Å². The molecule has 2 heterocycles. The number of aromatic nitrogens is 2. The van der Waals surface area contributed by atoms with Crippen LogP contribution >= 0.6 is 0 Å². The highest BCUT2D eigenvalue weighted by Gasteiger charge is 2.26. The molecule has 1 N–H and O–H groups in total. The Balaban J connectivity index is 2.14. The highest BCUT2D eigenvalue weighted by molar-refractivity contribution is 5.39. The van der Waals surface area contributed by atoms with E-state index in [0.29, 0.717) is 13.2 Å². The van der Waals surface area contributed by atoms with Gasteiger partial charge in [0.15, 0.2) is 5.82 Å². The minimum atomic E-state index is -0.126. The first-order chi connectivity index (χ1) is 7.70. The van der Waals surface area contributed by atoms with Crippen LogP contribution in [-0.4, -0.2) is 47.2 Å². The zero-order valence-electron chi connectivity index (χ0n) is 9.63. The Morgan fingerprint density at radius 3 is 2.94 bits per heavy atom. The maximum absolute atomic E-state index is 9.10. The van der Waals surface area contributed by atoms with E-state index in [-0.39, 0.29) is 18.8 Å². The van der Waals surface area contributed by atoms with Crippen LogP contribution in [0.25, 0.3) is 0 Å². The Bertz CT molecular complexity index is 342. The maximum atomic E-state index is 9.10. The van der Waals surface area contributed by atoms with Crippen LogP contribution in [-0.2, 0) is 4.74 Å². The van der Waals surface area contributed by atoms with Gasteiger partial charge in [0.2, 0.25) is 0 Å². The summed E-state index contributed by atoms with van der Waals surface area (Å²) in [5.74, 6) is 0.847. The molecule has 0 bridgehead atoms. The number of anilines is 1. The molecule has 0 aromatic carbocycles. The standard InChI is InChI=1S/C11H17N3O2/c1-8-3-4-11(13-12-8)14-5-10(6-15)16-7-9(14)2/h3-4,9-10,15H,5-7H2,1-2H3. The van der Waals surface area contributed by atoms with Crippen molar-refractivity contribution in [2.45, 2.75) is 26.0 Å². The third-order valence-corrected chi connectivity index (χ3v) is 2.79. The predicted octanol–water partition coefficient (Wildman–Crippen LogP) is 0.371. The fourth-order valence-corrected chi connectivity index (χ4v) is 1.79. The third-order valence-electron chi connectivity index (χ3n) is 2.79. The van der Waals surface area contributed by atoms with Crippen molar-refractivity contribution in [2.24, 2.45) is 0 Å². The quantitative estimate of drug-likeness (QED) is 0.785. The van der Waals surface area contributed by atoms with Crippen LogP contribution < -0.4 is 4.90 Å². The van der Waals surface area contributed by atoms with E-state index in [9.17, 15) is 0 Å². The topological polar surface area (TPSA) is 58.5 Å². The maximum Gasteiger partial charge on any atom is 0.151 e. The lowest BCUT2D eigenvalue weighted by Crippen LogP contribution is -2.50. The summed E-state index contributed by atoms with van der Waals surface area (Å²) in [4.78, 5) is 2.12. The molecule has 0 aliphatic carbocycles. The lowest BCUT2D eigenvalue weighted by Gasteiger charge is -2.37. The van der Waals surface area contributed by atoms with Gasteiger partial charge in [0.1, 0.15) is 0 Å². The Morgan fingerprint density at radius 1 is 1.50 bits per heavy atom. The monoisotopic (exact) mass is 223 g/mol. The Morgan fingerprint density at radius 2 is 2.31 bits per heavy atom. The molecule has 2 unspecified atom stereocenters. The fraction of sp³-hybridized carbons (Fsp3) is 0.636. The van der Waals surface area contributed by atoms with E-state index < -0.39 is 0 Å². The van der Waals surface area contributed by atoms with Crippen molar-refractivity contribution in [3.63, 3.8) is 0 Å². The van der Waals surface area contributed by atoms with Gasteiger partial charge in [0, 0.05) is 6.54 Å². The lowest BCUT2D eigenvalue weighted by atomic mass is 10.2. The molecule has 1 aromatic rings. The molecule has 5 heteroatoms. The highest BCUT2D eigenvalue weighted by Crippen LogP contribution is 2.18. The number of nitrogens with zero attached hydrogens (tertiary/aromatic N) is 3. The summed E-state index contributed by atoms with van der Waals surface area (Å²) in [6, 6.07) is 4.16.